The van der Waals surface area contributed by atoms with Crippen LogP contribution in [0.25, 0.3) is 10.8 Å². The van der Waals surface area contributed by atoms with Gasteiger partial charge in [-0.15, -0.1) is 0 Å². The molecule has 0 aliphatic rings. The third-order valence-corrected chi connectivity index (χ3v) is 4.41. The lowest BCUT2D eigenvalue weighted by atomic mass is 10.0. The van der Waals surface area contributed by atoms with E-state index in [-0.39, 0.29) is 5.97 Å². The maximum atomic E-state index is 11.6. The number of hydrogen-bond donors (Lipinski definition) is 0. The van der Waals surface area contributed by atoms with Gasteiger partial charge in [0.25, 0.3) is 0 Å². The van der Waals surface area contributed by atoms with E-state index in [2.05, 4.69) is 37.3 Å². The minimum atomic E-state index is -0.309. The number of rotatable bonds is 6. The van der Waals surface area contributed by atoms with E-state index in [0.29, 0.717) is 5.56 Å². The summed E-state index contributed by atoms with van der Waals surface area (Å²) in [7, 11) is 1.40. The van der Waals surface area contributed by atoms with Gasteiger partial charge in [0.05, 0.1) is 18.4 Å². The van der Waals surface area contributed by atoms with E-state index in [0.717, 1.165) is 36.2 Å². The van der Waals surface area contributed by atoms with Gasteiger partial charge >= 0.3 is 5.97 Å². The SMILES string of the molecule is CCCCc1cc2ccccc2c(Cc2ccc(C(=O)OC)cc2)n1. The lowest BCUT2D eigenvalue weighted by molar-refractivity contribution is 0.0600. The standard InChI is InChI=1S/C22H23NO2/c1-3-4-8-19-15-18-7-5-6-9-20(18)21(23-19)14-16-10-12-17(13-11-16)22(24)25-2/h5-7,9-13,15H,3-4,8,14H2,1-2H3. The van der Waals surface area contributed by atoms with Crippen LogP contribution in [0.2, 0.25) is 0 Å². The van der Waals surface area contributed by atoms with E-state index in [1.807, 2.05) is 24.3 Å². The largest absolute Gasteiger partial charge is 0.465 e. The zero-order chi connectivity index (χ0) is 17.6. The molecule has 1 heterocycles. The van der Waals surface area contributed by atoms with Crippen LogP contribution >= 0.6 is 0 Å². The monoisotopic (exact) mass is 333 g/mol. The van der Waals surface area contributed by atoms with Crippen molar-refractivity contribution in [2.24, 2.45) is 0 Å². The number of aromatic nitrogens is 1. The number of carbonyl (C=O) groups excluding carboxylic acids is 1. The Morgan fingerprint density at radius 3 is 2.56 bits per heavy atom. The average Bonchev–Trinajstić information content (AvgIpc) is 2.66. The van der Waals surface area contributed by atoms with Crippen molar-refractivity contribution in [2.75, 3.05) is 7.11 Å². The molecule has 0 saturated carbocycles. The number of unbranched alkanes of at least 4 members (excludes halogenated alkanes) is 1. The van der Waals surface area contributed by atoms with Crippen LogP contribution in [0.4, 0.5) is 0 Å². The van der Waals surface area contributed by atoms with Crippen molar-refractivity contribution in [3.63, 3.8) is 0 Å². The minimum Gasteiger partial charge on any atom is -0.465 e. The molecule has 3 aromatic rings. The minimum absolute atomic E-state index is 0.309. The summed E-state index contributed by atoms with van der Waals surface area (Å²) in [6, 6.07) is 18.2. The lowest BCUT2D eigenvalue weighted by Gasteiger charge is -2.10. The maximum Gasteiger partial charge on any atom is 0.337 e. The highest BCUT2D eigenvalue weighted by Gasteiger charge is 2.09. The van der Waals surface area contributed by atoms with Gasteiger partial charge in [-0.25, -0.2) is 4.79 Å². The number of fused-ring (bicyclic) bond motifs is 1. The highest BCUT2D eigenvalue weighted by Crippen LogP contribution is 2.22. The zero-order valence-corrected chi connectivity index (χ0v) is 14.8. The predicted molar refractivity (Wildman–Crippen MR) is 101 cm³/mol. The fraction of sp³-hybridized carbons (Fsp3) is 0.273. The van der Waals surface area contributed by atoms with E-state index in [1.54, 1.807) is 0 Å². The van der Waals surface area contributed by atoms with Crippen molar-refractivity contribution in [1.82, 2.24) is 4.98 Å². The van der Waals surface area contributed by atoms with Crippen LogP contribution in [-0.2, 0) is 17.6 Å². The Hall–Kier alpha value is -2.68. The van der Waals surface area contributed by atoms with Gasteiger partial charge in [-0.2, -0.15) is 0 Å². The first kappa shape index (κ1) is 17.2. The second kappa shape index (κ2) is 7.93. The van der Waals surface area contributed by atoms with Crippen molar-refractivity contribution < 1.29 is 9.53 Å². The smallest absolute Gasteiger partial charge is 0.337 e. The van der Waals surface area contributed by atoms with Crippen LogP contribution in [0.15, 0.2) is 54.6 Å². The number of pyridine rings is 1. The molecule has 0 aliphatic carbocycles. The summed E-state index contributed by atoms with van der Waals surface area (Å²) in [5.74, 6) is -0.309. The Labute approximate surface area is 148 Å². The van der Waals surface area contributed by atoms with Crippen molar-refractivity contribution >= 4 is 16.7 Å². The number of methoxy groups -OCH3 is 1. The van der Waals surface area contributed by atoms with Gasteiger partial charge in [-0.1, -0.05) is 49.7 Å². The molecule has 3 rings (SSSR count). The van der Waals surface area contributed by atoms with Crippen LogP contribution in [0, 0.1) is 0 Å². The first-order chi connectivity index (χ1) is 12.2. The molecule has 0 atom stereocenters. The topological polar surface area (TPSA) is 39.2 Å². The van der Waals surface area contributed by atoms with Crippen molar-refractivity contribution in [3.05, 3.63) is 77.1 Å². The molecule has 0 aliphatic heterocycles. The number of esters is 1. The van der Waals surface area contributed by atoms with Gasteiger partial charge in [0.1, 0.15) is 0 Å². The van der Waals surface area contributed by atoms with E-state index < -0.39 is 0 Å². The predicted octanol–water partition coefficient (Wildman–Crippen LogP) is 4.95. The van der Waals surface area contributed by atoms with Crippen LogP contribution in [0.5, 0.6) is 0 Å². The summed E-state index contributed by atoms with van der Waals surface area (Å²) >= 11 is 0. The number of aryl methyl sites for hydroxylation is 1. The van der Waals surface area contributed by atoms with Gasteiger partial charge in [0, 0.05) is 17.5 Å². The fourth-order valence-electron chi connectivity index (χ4n) is 3.02. The molecular weight excluding hydrogens is 310 g/mol. The third-order valence-electron chi connectivity index (χ3n) is 4.41. The van der Waals surface area contributed by atoms with Crippen LogP contribution < -0.4 is 0 Å². The summed E-state index contributed by atoms with van der Waals surface area (Å²) in [5.41, 5.74) is 3.95. The third kappa shape index (κ3) is 4.05. The summed E-state index contributed by atoms with van der Waals surface area (Å²) in [6.45, 7) is 2.20. The number of benzene rings is 2. The normalized spacial score (nSPS) is 10.8. The van der Waals surface area contributed by atoms with Gasteiger partial charge in [0.15, 0.2) is 0 Å². The summed E-state index contributed by atoms with van der Waals surface area (Å²) in [4.78, 5) is 16.5. The fourth-order valence-corrected chi connectivity index (χ4v) is 3.02. The van der Waals surface area contributed by atoms with E-state index in [9.17, 15) is 4.79 Å². The second-order valence-electron chi connectivity index (χ2n) is 6.25. The van der Waals surface area contributed by atoms with Crippen molar-refractivity contribution in [3.8, 4) is 0 Å². The zero-order valence-electron chi connectivity index (χ0n) is 14.8. The van der Waals surface area contributed by atoms with E-state index >= 15 is 0 Å². The van der Waals surface area contributed by atoms with E-state index in [1.165, 1.54) is 24.3 Å². The van der Waals surface area contributed by atoms with Crippen molar-refractivity contribution in [1.29, 1.82) is 0 Å². The van der Waals surface area contributed by atoms with Crippen LogP contribution in [0.1, 0.15) is 47.1 Å². The highest BCUT2D eigenvalue weighted by molar-refractivity contribution is 5.89. The summed E-state index contributed by atoms with van der Waals surface area (Å²) in [5, 5.41) is 2.43. The number of hydrogen-bond acceptors (Lipinski definition) is 3. The molecule has 0 amide bonds. The molecule has 1 aromatic heterocycles. The summed E-state index contributed by atoms with van der Waals surface area (Å²) < 4.78 is 4.75. The molecule has 3 nitrogen and oxygen atoms in total. The molecule has 0 radical (unpaired) electrons. The van der Waals surface area contributed by atoms with Gasteiger partial charge in [-0.05, 0) is 42.0 Å². The Bertz CT molecular complexity index is 869. The first-order valence-electron chi connectivity index (χ1n) is 8.76. The van der Waals surface area contributed by atoms with Crippen LogP contribution in [-0.4, -0.2) is 18.1 Å². The Kier molecular flexibility index (Phi) is 5.44. The molecule has 0 saturated heterocycles. The molecule has 0 N–H and O–H groups in total. The molecule has 0 bridgehead atoms. The Morgan fingerprint density at radius 1 is 1.08 bits per heavy atom. The molecule has 0 unspecified atom stereocenters. The quantitative estimate of drug-likeness (QED) is 0.599. The number of nitrogens with zero attached hydrogens (tertiary/aromatic N) is 1. The number of carbonyl (C=O) groups is 1. The second-order valence-corrected chi connectivity index (χ2v) is 6.25. The van der Waals surface area contributed by atoms with Gasteiger partial charge in [0.2, 0.25) is 0 Å². The molecular formula is C22H23NO2. The summed E-state index contributed by atoms with van der Waals surface area (Å²) in [6.07, 6.45) is 4.08. The maximum absolute atomic E-state index is 11.6. The van der Waals surface area contributed by atoms with E-state index in [4.69, 9.17) is 9.72 Å². The van der Waals surface area contributed by atoms with Crippen LogP contribution in [0.3, 0.4) is 0 Å². The molecule has 25 heavy (non-hydrogen) atoms. The molecule has 128 valence electrons. The Morgan fingerprint density at radius 2 is 1.84 bits per heavy atom. The van der Waals surface area contributed by atoms with Gasteiger partial charge < -0.3 is 4.74 Å². The lowest BCUT2D eigenvalue weighted by Crippen LogP contribution is -2.02. The average molecular weight is 333 g/mol. The van der Waals surface area contributed by atoms with Crippen molar-refractivity contribution in [2.45, 2.75) is 32.6 Å². The first-order valence-corrected chi connectivity index (χ1v) is 8.76. The number of ether oxygens (including phenoxy) is 1. The molecule has 3 heteroatoms. The highest BCUT2D eigenvalue weighted by atomic mass is 16.5. The Balaban J connectivity index is 1.92. The van der Waals surface area contributed by atoms with Gasteiger partial charge in [-0.3, -0.25) is 4.98 Å². The molecule has 0 spiro atoms. The molecule has 2 aromatic carbocycles. The molecule has 0 fully saturated rings.